The quantitative estimate of drug-likeness (QED) is 0.701. The lowest BCUT2D eigenvalue weighted by Gasteiger charge is -2.43. The zero-order valence-corrected chi connectivity index (χ0v) is 17.5. The Morgan fingerprint density at radius 1 is 1.18 bits per heavy atom. The van der Waals surface area contributed by atoms with E-state index in [0.717, 1.165) is 43.4 Å². The summed E-state index contributed by atoms with van der Waals surface area (Å²) in [6.45, 7) is 1.06. The molecule has 3 N–H and O–H groups in total. The molecular formula is C18H28N4O4S2. The number of rotatable bonds is 6. The topological polar surface area (TPSA) is 113 Å². The first kappa shape index (κ1) is 21.2. The van der Waals surface area contributed by atoms with E-state index in [1.807, 2.05) is 0 Å². The second-order valence-electron chi connectivity index (χ2n) is 7.22. The Labute approximate surface area is 170 Å². The van der Waals surface area contributed by atoms with Gasteiger partial charge in [-0.1, -0.05) is 25.3 Å². The highest BCUT2D eigenvalue weighted by atomic mass is 32.2. The van der Waals surface area contributed by atoms with Gasteiger partial charge in [0.05, 0.1) is 0 Å². The zero-order chi connectivity index (χ0) is 20.1. The fourth-order valence-corrected chi connectivity index (χ4v) is 6.66. The zero-order valence-electron chi connectivity index (χ0n) is 15.9. The van der Waals surface area contributed by atoms with Crippen LogP contribution in [0.1, 0.15) is 38.5 Å². The monoisotopic (exact) mass is 428 g/mol. The van der Waals surface area contributed by atoms with Crippen LogP contribution >= 0.6 is 11.3 Å². The molecule has 1 atom stereocenters. The second-order valence-corrected chi connectivity index (χ2v) is 10.3. The molecule has 2 amide bonds. The van der Waals surface area contributed by atoms with Crippen LogP contribution in [0.25, 0.3) is 0 Å². The van der Waals surface area contributed by atoms with E-state index < -0.39 is 22.1 Å². The van der Waals surface area contributed by atoms with Crippen LogP contribution in [0.15, 0.2) is 21.7 Å². The van der Waals surface area contributed by atoms with E-state index in [-0.39, 0.29) is 35.7 Å². The lowest BCUT2D eigenvalue weighted by atomic mass is 9.88. The number of hydrogen-bond acceptors (Lipinski definition) is 6. The van der Waals surface area contributed by atoms with Gasteiger partial charge in [0.15, 0.2) is 6.17 Å². The number of carbonyl (C=O) groups excluding carboxylic acids is 2. The first-order valence-electron chi connectivity index (χ1n) is 9.80. The Balaban J connectivity index is 1.91. The highest BCUT2D eigenvalue weighted by Crippen LogP contribution is 2.31. The summed E-state index contributed by atoms with van der Waals surface area (Å²) in [5, 5.41) is 4.36. The van der Waals surface area contributed by atoms with Crippen molar-refractivity contribution >= 4 is 33.2 Å². The molecule has 10 heteroatoms. The fourth-order valence-electron chi connectivity index (χ4n) is 3.95. The van der Waals surface area contributed by atoms with Crippen LogP contribution in [0, 0.1) is 5.92 Å². The summed E-state index contributed by atoms with van der Waals surface area (Å²) in [7, 11) is -3.87. The lowest BCUT2D eigenvalue weighted by Crippen LogP contribution is -2.64. The van der Waals surface area contributed by atoms with Crippen molar-refractivity contribution in [3.8, 4) is 0 Å². The number of nitrogens with two attached hydrogens (primary N) is 1. The molecule has 0 spiro atoms. The van der Waals surface area contributed by atoms with Crippen LogP contribution < -0.4 is 11.1 Å². The molecule has 3 rings (SSSR count). The van der Waals surface area contributed by atoms with Gasteiger partial charge in [0.2, 0.25) is 5.91 Å². The Kier molecular flexibility index (Phi) is 7.08. The number of nitrogens with zero attached hydrogens (tertiary/aromatic N) is 2. The van der Waals surface area contributed by atoms with E-state index in [2.05, 4.69) is 5.32 Å². The maximum Gasteiger partial charge on any atom is 0.259 e. The molecule has 0 radical (unpaired) electrons. The smallest absolute Gasteiger partial charge is 0.259 e. The maximum atomic E-state index is 13.2. The molecule has 0 bridgehead atoms. The van der Waals surface area contributed by atoms with E-state index in [1.54, 1.807) is 11.4 Å². The van der Waals surface area contributed by atoms with Crippen LogP contribution in [0.3, 0.4) is 0 Å². The van der Waals surface area contributed by atoms with Crippen LogP contribution in [-0.2, 0) is 19.6 Å². The predicted octanol–water partition coefficient (Wildman–Crippen LogP) is 0.952. The van der Waals surface area contributed by atoms with Crippen molar-refractivity contribution in [2.75, 3.05) is 26.2 Å². The van der Waals surface area contributed by atoms with Crippen molar-refractivity contribution < 1.29 is 18.0 Å². The summed E-state index contributed by atoms with van der Waals surface area (Å²) in [5.41, 5.74) is 5.49. The molecule has 2 heterocycles. The predicted molar refractivity (Wildman–Crippen MR) is 107 cm³/mol. The molecule has 1 saturated heterocycles. The molecule has 156 valence electrons. The van der Waals surface area contributed by atoms with Crippen molar-refractivity contribution in [2.45, 2.75) is 48.9 Å². The third kappa shape index (κ3) is 4.40. The minimum Gasteiger partial charge on any atom is -0.352 e. The molecule has 2 aliphatic rings. The molecule has 1 aromatic rings. The average Bonchev–Trinajstić information content (AvgIpc) is 3.27. The number of hydrogen-bond donors (Lipinski definition) is 2. The first-order chi connectivity index (χ1) is 13.5. The van der Waals surface area contributed by atoms with E-state index in [1.165, 1.54) is 15.3 Å². The van der Waals surface area contributed by atoms with Gasteiger partial charge in [0.1, 0.15) is 4.21 Å². The van der Waals surface area contributed by atoms with E-state index in [0.29, 0.717) is 13.0 Å². The van der Waals surface area contributed by atoms with Crippen molar-refractivity contribution in [3.05, 3.63) is 17.5 Å². The van der Waals surface area contributed by atoms with Crippen LogP contribution in [0.5, 0.6) is 0 Å². The number of amides is 2. The van der Waals surface area contributed by atoms with E-state index in [9.17, 15) is 18.0 Å². The SMILES string of the molecule is NCCNC(=O)C1N(C(=O)C2CCCCC2)CCCN1S(=O)(=O)c1cccs1. The highest BCUT2D eigenvalue weighted by Gasteiger charge is 2.45. The van der Waals surface area contributed by atoms with Gasteiger partial charge in [-0.05, 0) is 30.7 Å². The number of nitrogens with one attached hydrogen (secondary N) is 1. The van der Waals surface area contributed by atoms with Gasteiger partial charge in [0, 0.05) is 32.1 Å². The largest absolute Gasteiger partial charge is 0.352 e. The van der Waals surface area contributed by atoms with Crippen LogP contribution in [0.4, 0.5) is 0 Å². The molecule has 1 aromatic heterocycles. The summed E-state index contributed by atoms with van der Waals surface area (Å²) in [4.78, 5) is 27.6. The highest BCUT2D eigenvalue weighted by molar-refractivity contribution is 7.91. The second kappa shape index (κ2) is 9.34. The van der Waals surface area contributed by atoms with Gasteiger partial charge in [0.25, 0.3) is 15.9 Å². The Bertz CT molecular complexity index is 776. The molecule has 1 unspecified atom stereocenters. The molecule has 1 aliphatic heterocycles. The summed E-state index contributed by atoms with van der Waals surface area (Å²) >= 11 is 1.11. The minimum absolute atomic E-state index is 0.112. The van der Waals surface area contributed by atoms with Gasteiger partial charge in [-0.3, -0.25) is 9.59 Å². The third-order valence-corrected chi connectivity index (χ3v) is 8.55. The van der Waals surface area contributed by atoms with Crippen molar-refractivity contribution in [2.24, 2.45) is 11.7 Å². The fraction of sp³-hybridized carbons (Fsp3) is 0.667. The normalized spacial score (nSPS) is 22.2. The summed E-state index contributed by atoms with van der Waals surface area (Å²) in [6, 6.07) is 3.19. The summed E-state index contributed by atoms with van der Waals surface area (Å²) < 4.78 is 27.7. The Morgan fingerprint density at radius 3 is 2.57 bits per heavy atom. The van der Waals surface area contributed by atoms with Crippen LogP contribution in [0.2, 0.25) is 0 Å². The molecule has 2 fully saturated rings. The van der Waals surface area contributed by atoms with Gasteiger partial charge in [-0.15, -0.1) is 11.3 Å². The molecule has 1 saturated carbocycles. The third-order valence-electron chi connectivity index (χ3n) is 5.32. The van der Waals surface area contributed by atoms with E-state index in [4.69, 9.17) is 5.73 Å². The number of thiophene rings is 1. The average molecular weight is 429 g/mol. The summed E-state index contributed by atoms with van der Waals surface area (Å²) in [6.07, 6.45) is 4.03. The van der Waals surface area contributed by atoms with Crippen molar-refractivity contribution in [1.29, 1.82) is 0 Å². The van der Waals surface area contributed by atoms with E-state index >= 15 is 0 Å². The first-order valence-corrected chi connectivity index (χ1v) is 12.1. The minimum atomic E-state index is -3.87. The van der Waals surface area contributed by atoms with Crippen molar-refractivity contribution in [3.63, 3.8) is 0 Å². The molecule has 28 heavy (non-hydrogen) atoms. The van der Waals surface area contributed by atoms with Gasteiger partial charge in [-0.25, -0.2) is 8.42 Å². The van der Waals surface area contributed by atoms with Crippen molar-refractivity contribution in [1.82, 2.24) is 14.5 Å². The molecule has 8 nitrogen and oxygen atoms in total. The molecular weight excluding hydrogens is 400 g/mol. The van der Waals surface area contributed by atoms with Crippen LogP contribution in [-0.4, -0.2) is 61.8 Å². The molecule has 1 aliphatic carbocycles. The Hall–Kier alpha value is -1.49. The standard InChI is InChI=1S/C18H28N4O4S2/c19-9-10-20-16(23)17-21(18(24)14-6-2-1-3-7-14)11-5-12-22(17)28(25,26)15-8-4-13-27-15/h4,8,13-14,17H,1-3,5-7,9-12,19H2,(H,20,23). The van der Waals surface area contributed by atoms with Gasteiger partial charge >= 0.3 is 0 Å². The summed E-state index contributed by atoms with van der Waals surface area (Å²) in [5.74, 6) is -0.740. The van der Waals surface area contributed by atoms with Gasteiger partial charge < -0.3 is 16.0 Å². The lowest BCUT2D eigenvalue weighted by molar-refractivity contribution is -0.151. The number of sulfonamides is 1. The van der Waals surface area contributed by atoms with Gasteiger partial charge in [-0.2, -0.15) is 4.31 Å². The molecule has 0 aromatic carbocycles. The Morgan fingerprint density at radius 2 is 1.93 bits per heavy atom. The number of carbonyl (C=O) groups is 2. The maximum absolute atomic E-state index is 13.2.